The summed E-state index contributed by atoms with van der Waals surface area (Å²) in [6, 6.07) is 13.7. The van der Waals surface area contributed by atoms with Crippen LogP contribution in [0, 0.1) is 18.2 Å². The second-order valence-electron chi connectivity index (χ2n) is 10.4. The molecule has 1 aliphatic rings. The number of amides is 1. The minimum atomic E-state index is -0.393. The Hall–Kier alpha value is -3.98. The van der Waals surface area contributed by atoms with Gasteiger partial charge in [0.2, 0.25) is 5.88 Å². The minimum Gasteiger partial charge on any atom is -0.437 e. The summed E-state index contributed by atoms with van der Waals surface area (Å²) in [6.45, 7) is 7.42. The lowest BCUT2D eigenvalue weighted by Crippen LogP contribution is -2.36. The normalized spacial score (nSPS) is 13.5. The molecule has 39 heavy (non-hydrogen) atoms. The number of carbonyl (C=O) groups is 1. The molecular formula is C30H35FN6O2. The number of halogens is 1. The smallest absolute Gasteiger partial charge is 0.251 e. The van der Waals surface area contributed by atoms with E-state index >= 15 is 0 Å². The van der Waals surface area contributed by atoms with Crippen LogP contribution in [0.15, 0.2) is 54.7 Å². The standard InChI is InChI=1S/C30H35FN6O2/c1-4-30(5-2,17-32)18-34-25-15-27(39-23-8-6-7-21(31)14-23)36-37-26(16-33-28(25)37)20-9-12-24(19(3)13-20)29(38)35-22-10-11-22/h6-9,12-16,22,34H,4-5,10-11,17-18,32H2,1-3H3,(H,35,38). The Labute approximate surface area is 227 Å². The molecule has 8 nitrogen and oxygen atoms in total. The number of fused-ring (bicyclic) bond motifs is 1. The molecule has 1 aliphatic carbocycles. The van der Waals surface area contributed by atoms with Gasteiger partial charge in [0, 0.05) is 35.8 Å². The summed E-state index contributed by atoms with van der Waals surface area (Å²) in [4.78, 5) is 17.3. The van der Waals surface area contributed by atoms with Crippen molar-refractivity contribution in [3.63, 3.8) is 0 Å². The summed E-state index contributed by atoms with van der Waals surface area (Å²) < 4.78 is 21.5. The van der Waals surface area contributed by atoms with Crippen molar-refractivity contribution in [2.75, 3.05) is 18.4 Å². The summed E-state index contributed by atoms with van der Waals surface area (Å²) in [7, 11) is 0. The van der Waals surface area contributed by atoms with Crippen LogP contribution in [0.3, 0.4) is 0 Å². The number of imidazole rings is 1. The monoisotopic (exact) mass is 530 g/mol. The van der Waals surface area contributed by atoms with Gasteiger partial charge in [-0.25, -0.2) is 13.9 Å². The molecule has 1 amide bonds. The zero-order valence-electron chi connectivity index (χ0n) is 22.6. The number of hydrogen-bond acceptors (Lipinski definition) is 6. The topological polar surface area (TPSA) is 107 Å². The fourth-order valence-corrected chi connectivity index (χ4v) is 4.69. The number of nitrogens with one attached hydrogen (secondary N) is 2. The lowest BCUT2D eigenvalue weighted by atomic mass is 9.82. The van der Waals surface area contributed by atoms with Gasteiger partial charge < -0.3 is 21.1 Å². The number of anilines is 1. The summed E-state index contributed by atoms with van der Waals surface area (Å²) in [5, 5.41) is 11.3. The van der Waals surface area contributed by atoms with Gasteiger partial charge in [0.05, 0.1) is 17.6 Å². The first-order valence-corrected chi connectivity index (χ1v) is 13.5. The fraction of sp³-hybridized carbons (Fsp3) is 0.367. The van der Waals surface area contributed by atoms with Crippen LogP contribution in [-0.2, 0) is 0 Å². The second-order valence-corrected chi connectivity index (χ2v) is 10.4. The van der Waals surface area contributed by atoms with E-state index in [4.69, 9.17) is 15.6 Å². The third-order valence-electron chi connectivity index (χ3n) is 7.73. The number of hydrogen-bond donors (Lipinski definition) is 3. The van der Waals surface area contributed by atoms with Crippen LogP contribution in [0.1, 0.15) is 55.5 Å². The van der Waals surface area contributed by atoms with E-state index in [1.807, 2.05) is 25.1 Å². The molecule has 5 rings (SSSR count). The highest BCUT2D eigenvalue weighted by atomic mass is 19.1. The largest absolute Gasteiger partial charge is 0.437 e. The minimum absolute atomic E-state index is 0.0506. The molecule has 0 bridgehead atoms. The maximum atomic E-state index is 13.8. The average molecular weight is 531 g/mol. The highest BCUT2D eigenvalue weighted by Gasteiger charge is 2.26. The predicted octanol–water partition coefficient (Wildman–Crippen LogP) is 5.71. The first kappa shape index (κ1) is 26.6. The van der Waals surface area contributed by atoms with Crippen LogP contribution >= 0.6 is 0 Å². The van der Waals surface area contributed by atoms with Crippen LogP contribution in [0.2, 0.25) is 0 Å². The number of ether oxygens (including phenoxy) is 1. The summed E-state index contributed by atoms with van der Waals surface area (Å²) >= 11 is 0. The predicted molar refractivity (Wildman–Crippen MR) is 151 cm³/mol. The number of nitrogens with zero attached hydrogens (tertiary/aromatic N) is 3. The molecule has 4 N–H and O–H groups in total. The molecule has 0 unspecified atom stereocenters. The molecule has 2 aromatic heterocycles. The van der Waals surface area contributed by atoms with Crippen LogP contribution in [0.25, 0.3) is 16.9 Å². The molecule has 0 saturated heterocycles. The number of carbonyl (C=O) groups excluding carboxylic acids is 1. The Balaban J connectivity index is 1.53. The highest BCUT2D eigenvalue weighted by molar-refractivity contribution is 5.96. The molecule has 0 atom stereocenters. The zero-order chi connectivity index (χ0) is 27.6. The maximum Gasteiger partial charge on any atom is 0.251 e. The highest BCUT2D eigenvalue weighted by Crippen LogP contribution is 2.32. The Bertz CT molecular complexity index is 1480. The van der Waals surface area contributed by atoms with Gasteiger partial charge >= 0.3 is 0 Å². The number of aryl methyl sites for hydroxylation is 1. The molecule has 204 valence electrons. The van der Waals surface area contributed by atoms with Crippen LogP contribution in [0.4, 0.5) is 10.1 Å². The van der Waals surface area contributed by atoms with Crippen molar-refractivity contribution >= 4 is 17.2 Å². The van der Waals surface area contributed by atoms with Crippen LogP contribution in [-0.4, -0.2) is 39.6 Å². The summed E-state index contributed by atoms with van der Waals surface area (Å²) in [6.07, 6.45) is 5.70. The van der Waals surface area contributed by atoms with E-state index in [0.29, 0.717) is 42.0 Å². The van der Waals surface area contributed by atoms with E-state index in [0.717, 1.165) is 48.2 Å². The maximum absolute atomic E-state index is 13.8. The Kier molecular flexibility index (Phi) is 7.52. The number of aromatic nitrogens is 3. The van der Waals surface area contributed by atoms with Gasteiger partial charge in [-0.1, -0.05) is 26.0 Å². The fourth-order valence-electron chi connectivity index (χ4n) is 4.69. The van der Waals surface area contributed by atoms with Gasteiger partial charge in [0.25, 0.3) is 5.91 Å². The summed E-state index contributed by atoms with van der Waals surface area (Å²) in [5.74, 6) is 0.189. The SMILES string of the molecule is CCC(CC)(CN)CNc1cc(Oc2cccc(F)c2)nn2c(-c3ccc(C(=O)NC4CC4)c(C)c3)cnc12. The van der Waals surface area contributed by atoms with Crippen LogP contribution < -0.4 is 21.1 Å². The molecule has 2 aromatic carbocycles. The lowest BCUT2D eigenvalue weighted by molar-refractivity contribution is 0.0950. The van der Waals surface area contributed by atoms with Gasteiger partial charge in [0.1, 0.15) is 11.6 Å². The van der Waals surface area contributed by atoms with Gasteiger partial charge in [-0.3, -0.25) is 4.79 Å². The number of rotatable bonds is 11. The van der Waals surface area contributed by atoms with E-state index in [2.05, 4.69) is 29.5 Å². The average Bonchev–Trinajstić information content (AvgIpc) is 3.64. The molecular weight excluding hydrogens is 495 g/mol. The quantitative estimate of drug-likeness (QED) is 0.230. The van der Waals surface area contributed by atoms with Crippen molar-refractivity contribution in [1.29, 1.82) is 0 Å². The van der Waals surface area contributed by atoms with E-state index in [1.165, 1.54) is 12.1 Å². The number of benzene rings is 2. The summed E-state index contributed by atoms with van der Waals surface area (Å²) in [5.41, 5.74) is 10.6. The number of nitrogens with two attached hydrogens (primary N) is 1. The first-order chi connectivity index (χ1) is 18.8. The molecule has 9 heteroatoms. The van der Waals surface area contributed by atoms with Gasteiger partial charge in [-0.15, -0.1) is 5.10 Å². The lowest BCUT2D eigenvalue weighted by Gasteiger charge is -2.30. The van der Waals surface area contributed by atoms with E-state index in [-0.39, 0.29) is 11.3 Å². The molecule has 0 aliphatic heterocycles. The van der Waals surface area contributed by atoms with Crippen molar-refractivity contribution in [1.82, 2.24) is 19.9 Å². The molecule has 0 radical (unpaired) electrons. The van der Waals surface area contributed by atoms with Gasteiger partial charge in [-0.2, -0.15) is 0 Å². The van der Waals surface area contributed by atoms with Crippen LogP contribution in [0.5, 0.6) is 11.6 Å². The molecule has 0 spiro atoms. The Morgan fingerprint density at radius 3 is 2.64 bits per heavy atom. The van der Waals surface area contributed by atoms with E-state index < -0.39 is 5.82 Å². The molecule has 1 saturated carbocycles. The van der Waals surface area contributed by atoms with Crippen molar-refractivity contribution in [3.8, 4) is 22.9 Å². The van der Waals surface area contributed by atoms with Crippen molar-refractivity contribution < 1.29 is 13.9 Å². The Morgan fingerprint density at radius 1 is 1.18 bits per heavy atom. The molecule has 4 aromatic rings. The molecule has 2 heterocycles. The zero-order valence-corrected chi connectivity index (χ0v) is 22.6. The van der Waals surface area contributed by atoms with Gasteiger partial charge in [-0.05, 0) is 74.4 Å². The van der Waals surface area contributed by atoms with E-state index in [9.17, 15) is 9.18 Å². The van der Waals surface area contributed by atoms with Crippen molar-refractivity contribution in [3.05, 3.63) is 71.7 Å². The molecule has 1 fully saturated rings. The third-order valence-corrected chi connectivity index (χ3v) is 7.73. The van der Waals surface area contributed by atoms with E-state index in [1.54, 1.807) is 28.9 Å². The second kappa shape index (κ2) is 11.0. The van der Waals surface area contributed by atoms with Crippen molar-refractivity contribution in [2.45, 2.75) is 52.5 Å². The Morgan fingerprint density at radius 2 is 1.97 bits per heavy atom. The van der Waals surface area contributed by atoms with Crippen molar-refractivity contribution in [2.24, 2.45) is 11.1 Å². The first-order valence-electron chi connectivity index (χ1n) is 13.5. The van der Waals surface area contributed by atoms with Gasteiger partial charge in [0.15, 0.2) is 5.65 Å². The third kappa shape index (κ3) is 5.73.